The Kier molecular flexibility index (Phi) is 3.98. The molecule has 1 fully saturated rings. The van der Waals surface area contributed by atoms with E-state index in [9.17, 15) is 9.59 Å². The molecule has 0 aromatic carbocycles. The van der Waals surface area contributed by atoms with E-state index < -0.39 is 23.7 Å². The largest absolute Gasteiger partial charge is 0.480 e. The number of carboxylic acid groups (broad SMARTS) is 1. The second-order valence-corrected chi connectivity index (χ2v) is 5.26. The third-order valence-electron chi connectivity index (χ3n) is 2.58. The Morgan fingerprint density at radius 1 is 1.29 bits per heavy atom. The average Bonchev–Trinajstić information content (AvgIpc) is 2.14. The Morgan fingerprint density at radius 2 is 1.88 bits per heavy atom. The highest BCUT2D eigenvalue weighted by atomic mass is 16.6. The van der Waals surface area contributed by atoms with Crippen LogP contribution in [-0.2, 0) is 9.53 Å². The number of ether oxygens (including phenoxy) is 1. The van der Waals surface area contributed by atoms with Crippen LogP contribution in [0.25, 0.3) is 0 Å². The van der Waals surface area contributed by atoms with Gasteiger partial charge in [-0.3, -0.25) is 9.69 Å². The van der Waals surface area contributed by atoms with Gasteiger partial charge in [0.1, 0.15) is 11.6 Å². The Labute approximate surface area is 101 Å². The first-order valence-electron chi connectivity index (χ1n) is 5.61. The van der Waals surface area contributed by atoms with Crippen LogP contribution in [0.5, 0.6) is 0 Å². The normalized spacial score (nSPS) is 22.4. The highest BCUT2D eigenvalue weighted by molar-refractivity contribution is 5.76. The number of carbonyl (C=O) groups is 2. The zero-order valence-electron chi connectivity index (χ0n) is 10.8. The van der Waals surface area contributed by atoms with Gasteiger partial charge in [-0.1, -0.05) is 0 Å². The fourth-order valence-corrected chi connectivity index (χ4v) is 1.63. The highest BCUT2D eigenvalue weighted by Crippen LogP contribution is 2.14. The lowest BCUT2D eigenvalue weighted by atomic mass is 10.2. The van der Waals surface area contributed by atoms with Gasteiger partial charge >= 0.3 is 12.1 Å². The van der Waals surface area contributed by atoms with Crippen molar-refractivity contribution in [1.82, 2.24) is 9.80 Å². The molecule has 0 unspecified atom stereocenters. The molecule has 1 N–H and O–H groups in total. The molecule has 0 spiro atoms. The van der Waals surface area contributed by atoms with Gasteiger partial charge < -0.3 is 14.7 Å². The van der Waals surface area contributed by atoms with Gasteiger partial charge in [-0.25, -0.2) is 4.79 Å². The Morgan fingerprint density at radius 3 is 2.35 bits per heavy atom. The zero-order chi connectivity index (χ0) is 13.2. The topological polar surface area (TPSA) is 70.1 Å². The molecule has 17 heavy (non-hydrogen) atoms. The van der Waals surface area contributed by atoms with Gasteiger partial charge in [0.25, 0.3) is 0 Å². The van der Waals surface area contributed by atoms with Gasteiger partial charge in [0.15, 0.2) is 0 Å². The summed E-state index contributed by atoms with van der Waals surface area (Å²) >= 11 is 0. The van der Waals surface area contributed by atoms with Crippen LogP contribution in [0.4, 0.5) is 4.79 Å². The van der Waals surface area contributed by atoms with Gasteiger partial charge in [0, 0.05) is 13.1 Å². The van der Waals surface area contributed by atoms with Crippen LogP contribution >= 0.6 is 0 Å². The van der Waals surface area contributed by atoms with Crippen LogP contribution in [0.3, 0.4) is 0 Å². The summed E-state index contributed by atoms with van der Waals surface area (Å²) in [6.07, 6.45) is -0.447. The average molecular weight is 244 g/mol. The van der Waals surface area contributed by atoms with Crippen LogP contribution in [0, 0.1) is 0 Å². The number of likely N-dealkylation sites (N-methyl/N-ethyl adjacent to an activating group) is 1. The van der Waals surface area contributed by atoms with Crippen LogP contribution in [0.2, 0.25) is 0 Å². The minimum absolute atomic E-state index is 0.167. The van der Waals surface area contributed by atoms with Gasteiger partial charge in [-0.05, 0) is 27.8 Å². The second-order valence-electron chi connectivity index (χ2n) is 5.26. The van der Waals surface area contributed by atoms with Crippen LogP contribution in [0.1, 0.15) is 20.8 Å². The maximum Gasteiger partial charge on any atom is 0.410 e. The minimum atomic E-state index is -0.916. The molecule has 1 atom stereocenters. The molecule has 0 bridgehead atoms. The molecule has 1 saturated heterocycles. The van der Waals surface area contributed by atoms with Crippen molar-refractivity contribution in [3.8, 4) is 0 Å². The molecule has 1 aliphatic rings. The zero-order valence-corrected chi connectivity index (χ0v) is 10.8. The molecule has 6 nitrogen and oxygen atoms in total. The van der Waals surface area contributed by atoms with E-state index in [4.69, 9.17) is 9.84 Å². The van der Waals surface area contributed by atoms with Crippen molar-refractivity contribution in [2.24, 2.45) is 0 Å². The van der Waals surface area contributed by atoms with Crippen LogP contribution < -0.4 is 0 Å². The van der Waals surface area contributed by atoms with E-state index in [1.165, 1.54) is 4.90 Å². The first-order valence-corrected chi connectivity index (χ1v) is 5.61. The van der Waals surface area contributed by atoms with E-state index in [-0.39, 0.29) is 6.54 Å². The molecule has 0 aliphatic carbocycles. The smallest absolute Gasteiger partial charge is 0.410 e. The van der Waals surface area contributed by atoms with E-state index in [1.807, 2.05) is 0 Å². The molecule has 1 amide bonds. The van der Waals surface area contributed by atoms with E-state index in [2.05, 4.69) is 0 Å². The second kappa shape index (κ2) is 4.91. The number of aliphatic carboxylic acids is 1. The lowest BCUT2D eigenvalue weighted by Gasteiger charge is -2.37. The SMILES string of the molecule is CN1CCN(C(=O)OC(C)(C)C)C[C@H]1C(=O)O. The van der Waals surface area contributed by atoms with Crippen molar-refractivity contribution in [2.75, 3.05) is 26.7 Å². The lowest BCUT2D eigenvalue weighted by Crippen LogP contribution is -2.56. The van der Waals surface area contributed by atoms with Crippen molar-refractivity contribution in [1.29, 1.82) is 0 Å². The fourth-order valence-electron chi connectivity index (χ4n) is 1.63. The predicted molar refractivity (Wildman–Crippen MR) is 61.9 cm³/mol. The molecule has 1 heterocycles. The number of hydrogen-bond donors (Lipinski definition) is 1. The fraction of sp³-hybridized carbons (Fsp3) is 0.818. The quantitative estimate of drug-likeness (QED) is 0.732. The van der Waals surface area contributed by atoms with Crippen molar-refractivity contribution in [3.05, 3.63) is 0 Å². The molecular formula is C11H20N2O4. The van der Waals surface area contributed by atoms with Crippen molar-refractivity contribution in [3.63, 3.8) is 0 Å². The summed E-state index contributed by atoms with van der Waals surface area (Å²) in [6.45, 7) is 6.56. The van der Waals surface area contributed by atoms with E-state index in [1.54, 1.807) is 32.7 Å². The van der Waals surface area contributed by atoms with Gasteiger partial charge in [-0.15, -0.1) is 0 Å². The van der Waals surface area contributed by atoms with Gasteiger partial charge in [-0.2, -0.15) is 0 Å². The molecule has 6 heteroatoms. The number of amides is 1. The summed E-state index contributed by atoms with van der Waals surface area (Å²) in [5.41, 5.74) is -0.556. The van der Waals surface area contributed by atoms with E-state index in [0.717, 1.165) is 0 Å². The highest BCUT2D eigenvalue weighted by Gasteiger charge is 2.33. The van der Waals surface area contributed by atoms with Crippen molar-refractivity contribution in [2.45, 2.75) is 32.4 Å². The number of carbonyl (C=O) groups excluding carboxylic acids is 1. The minimum Gasteiger partial charge on any atom is -0.480 e. The first kappa shape index (κ1) is 13.8. The molecule has 1 aliphatic heterocycles. The summed E-state index contributed by atoms with van der Waals surface area (Å²) < 4.78 is 5.22. The summed E-state index contributed by atoms with van der Waals surface area (Å²) in [6, 6.07) is -0.656. The number of piperazine rings is 1. The van der Waals surface area contributed by atoms with Crippen LogP contribution in [-0.4, -0.2) is 65.3 Å². The summed E-state index contributed by atoms with van der Waals surface area (Å²) in [4.78, 5) is 26.0. The molecule has 0 aromatic heterocycles. The summed E-state index contributed by atoms with van der Waals surface area (Å²) in [7, 11) is 1.74. The molecule has 0 saturated carbocycles. The molecule has 98 valence electrons. The lowest BCUT2D eigenvalue weighted by molar-refractivity contribution is -0.144. The molecule has 1 rings (SSSR count). The Hall–Kier alpha value is -1.30. The van der Waals surface area contributed by atoms with Crippen molar-refractivity contribution >= 4 is 12.1 Å². The number of hydrogen-bond acceptors (Lipinski definition) is 4. The summed E-state index contributed by atoms with van der Waals surface area (Å²) in [5, 5.41) is 9.02. The number of nitrogens with zero attached hydrogens (tertiary/aromatic N) is 2. The first-order chi connectivity index (χ1) is 7.70. The monoisotopic (exact) mass is 244 g/mol. The molecule has 0 aromatic rings. The standard InChI is InChI=1S/C11H20N2O4/c1-11(2,3)17-10(16)13-6-5-12(4)8(7-13)9(14)15/h8H,5-7H2,1-4H3,(H,14,15)/t8-/m0/s1. The summed E-state index contributed by atoms with van der Waals surface area (Å²) in [5.74, 6) is -0.916. The Bertz CT molecular complexity index is 311. The maximum atomic E-state index is 11.8. The molecular weight excluding hydrogens is 224 g/mol. The van der Waals surface area contributed by atoms with Gasteiger partial charge in [0.2, 0.25) is 0 Å². The maximum absolute atomic E-state index is 11.8. The van der Waals surface area contributed by atoms with Gasteiger partial charge in [0.05, 0.1) is 6.54 Å². The number of carboxylic acids is 1. The third-order valence-corrected chi connectivity index (χ3v) is 2.58. The van der Waals surface area contributed by atoms with Crippen LogP contribution in [0.15, 0.2) is 0 Å². The number of rotatable bonds is 1. The molecule has 0 radical (unpaired) electrons. The van der Waals surface area contributed by atoms with Crippen molar-refractivity contribution < 1.29 is 19.4 Å². The predicted octanol–water partition coefficient (Wildman–Crippen LogP) is 0.622. The van der Waals surface area contributed by atoms with E-state index in [0.29, 0.717) is 13.1 Å². The Balaban J connectivity index is 2.62. The third kappa shape index (κ3) is 3.89. The van der Waals surface area contributed by atoms with E-state index >= 15 is 0 Å².